The predicted molar refractivity (Wildman–Crippen MR) is 81.9 cm³/mol. The summed E-state index contributed by atoms with van der Waals surface area (Å²) in [6.45, 7) is 5.82. The van der Waals surface area contributed by atoms with Gasteiger partial charge in [-0.05, 0) is 43.6 Å². The Kier molecular flexibility index (Phi) is 4.53. The largest absolute Gasteiger partial charge is 0.462 e. The lowest BCUT2D eigenvalue weighted by molar-refractivity contribution is -0.138. The van der Waals surface area contributed by atoms with Crippen LogP contribution in [0, 0.1) is 0 Å². The van der Waals surface area contributed by atoms with Crippen LogP contribution in [0.1, 0.15) is 31.1 Å². The molecular weight excluding hydrogens is 264 g/mol. The summed E-state index contributed by atoms with van der Waals surface area (Å²) >= 11 is 0. The number of benzene rings is 1. The Hall–Kier alpha value is -2.42. The molecule has 3 heteroatoms. The summed E-state index contributed by atoms with van der Waals surface area (Å²) in [5, 5.41) is 0. The number of ether oxygens (including phenoxy) is 1. The average Bonchev–Trinajstić information content (AvgIpc) is 2.74. The second-order valence-corrected chi connectivity index (χ2v) is 4.89. The van der Waals surface area contributed by atoms with E-state index in [4.69, 9.17) is 4.74 Å². The van der Waals surface area contributed by atoms with E-state index in [1.807, 2.05) is 38.1 Å². The lowest BCUT2D eigenvalue weighted by atomic mass is 9.99. The highest BCUT2D eigenvalue weighted by molar-refractivity contribution is 6.08. The number of carbonyl (C=O) groups excluding carboxylic acids is 2. The van der Waals surface area contributed by atoms with Crippen LogP contribution in [0.15, 0.2) is 64.8 Å². The zero-order chi connectivity index (χ0) is 15.4. The molecule has 0 saturated carbocycles. The minimum atomic E-state index is -0.379. The maximum Gasteiger partial charge on any atom is 0.339 e. The third kappa shape index (κ3) is 3.19. The van der Waals surface area contributed by atoms with E-state index in [-0.39, 0.29) is 11.8 Å². The van der Waals surface area contributed by atoms with Gasteiger partial charge in [0.15, 0.2) is 5.78 Å². The maximum atomic E-state index is 12.3. The molecular formula is C18H18O3. The highest BCUT2D eigenvalue weighted by atomic mass is 16.5. The van der Waals surface area contributed by atoms with Crippen molar-refractivity contribution >= 4 is 11.8 Å². The van der Waals surface area contributed by atoms with Crippen LogP contribution >= 0.6 is 0 Å². The number of allylic oxidation sites excluding steroid dienone is 4. The normalized spacial score (nSPS) is 16.1. The molecule has 0 spiro atoms. The van der Waals surface area contributed by atoms with Gasteiger partial charge < -0.3 is 4.74 Å². The van der Waals surface area contributed by atoms with Crippen molar-refractivity contribution in [3.8, 4) is 0 Å². The Balaban J connectivity index is 2.37. The fourth-order valence-corrected chi connectivity index (χ4v) is 2.36. The van der Waals surface area contributed by atoms with Gasteiger partial charge >= 0.3 is 5.97 Å². The molecule has 1 aliphatic rings. The van der Waals surface area contributed by atoms with Crippen LogP contribution in [0.2, 0.25) is 0 Å². The second kappa shape index (κ2) is 6.35. The fourth-order valence-electron chi connectivity index (χ4n) is 2.36. The summed E-state index contributed by atoms with van der Waals surface area (Å²) in [5.74, 6) is -0.495. The van der Waals surface area contributed by atoms with Gasteiger partial charge in [-0.3, -0.25) is 4.79 Å². The first-order valence-electron chi connectivity index (χ1n) is 6.92. The van der Waals surface area contributed by atoms with Gasteiger partial charge in [-0.2, -0.15) is 0 Å². The molecule has 2 rings (SSSR count). The zero-order valence-electron chi connectivity index (χ0n) is 12.5. The third-order valence-electron chi connectivity index (χ3n) is 3.33. The van der Waals surface area contributed by atoms with Crippen molar-refractivity contribution < 1.29 is 14.3 Å². The molecule has 0 N–H and O–H groups in total. The smallest absolute Gasteiger partial charge is 0.339 e. The summed E-state index contributed by atoms with van der Waals surface area (Å²) in [4.78, 5) is 24.4. The van der Waals surface area contributed by atoms with Crippen LogP contribution in [-0.2, 0) is 9.53 Å². The van der Waals surface area contributed by atoms with E-state index in [2.05, 4.69) is 0 Å². The van der Waals surface area contributed by atoms with Gasteiger partial charge in [-0.25, -0.2) is 4.79 Å². The minimum Gasteiger partial charge on any atom is -0.462 e. The van der Waals surface area contributed by atoms with Crippen LogP contribution in [0.25, 0.3) is 0 Å². The Morgan fingerprint density at radius 1 is 1.14 bits per heavy atom. The Bertz CT molecular complexity index is 661. The van der Waals surface area contributed by atoms with E-state index >= 15 is 0 Å². The molecule has 21 heavy (non-hydrogen) atoms. The highest BCUT2D eigenvalue weighted by Crippen LogP contribution is 2.32. The van der Waals surface area contributed by atoms with Crippen LogP contribution in [-0.4, -0.2) is 18.4 Å². The second-order valence-electron chi connectivity index (χ2n) is 4.89. The van der Waals surface area contributed by atoms with Crippen molar-refractivity contribution in [3.63, 3.8) is 0 Å². The van der Waals surface area contributed by atoms with E-state index in [9.17, 15) is 9.59 Å². The first kappa shape index (κ1) is 15.0. The highest BCUT2D eigenvalue weighted by Gasteiger charge is 2.25. The Morgan fingerprint density at radius 2 is 1.81 bits per heavy atom. The molecule has 0 bridgehead atoms. The molecule has 0 atom stereocenters. The molecule has 3 nitrogen and oxygen atoms in total. The van der Waals surface area contributed by atoms with Crippen molar-refractivity contribution in [1.29, 1.82) is 0 Å². The van der Waals surface area contributed by atoms with E-state index in [0.717, 1.165) is 11.1 Å². The van der Waals surface area contributed by atoms with Crippen molar-refractivity contribution in [2.75, 3.05) is 6.61 Å². The van der Waals surface area contributed by atoms with Gasteiger partial charge in [-0.15, -0.1) is 0 Å². The number of ketones is 1. The lowest BCUT2D eigenvalue weighted by Gasteiger charge is -2.08. The van der Waals surface area contributed by atoms with E-state index in [1.54, 1.807) is 19.1 Å². The summed E-state index contributed by atoms with van der Waals surface area (Å²) in [5.41, 5.74) is 3.47. The number of rotatable bonds is 4. The molecule has 0 aliphatic heterocycles. The van der Waals surface area contributed by atoms with Gasteiger partial charge in [-0.1, -0.05) is 36.4 Å². The average molecular weight is 282 g/mol. The number of carbonyl (C=O) groups is 2. The van der Waals surface area contributed by atoms with Gasteiger partial charge in [0.1, 0.15) is 0 Å². The summed E-state index contributed by atoms with van der Waals surface area (Å²) < 4.78 is 5.08. The lowest BCUT2D eigenvalue weighted by Crippen LogP contribution is -2.10. The van der Waals surface area contributed by atoms with Crippen molar-refractivity contribution in [1.82, 2.24) is 0 Å². The van der Waals surface area contributed by atoms with Gasteiger partial charge in [0.2, 0.25) is 0 Å². The minimum absolute atomic E-state index is 0.116. The van der Waals surface area contributed by atoms with Crippen LogP contribution < -0.4 is 0 Å². The fraction of sp³-hybridized carbons (Fsp3) is 0.222. The van der Waals surface area contributed by atoms with Crippen molar-refractivity contribution in [3.05, 3.63) is 70.3 Å². The molecule has 1 aromatic rings. The van der Waals surface area contributed by atoms with E-state index < -0.39 is 0 Å². The summed E-state index contributed by atoms with van der Waals surface area (Å²) in [7, 11) is 0. The summed E-state index contributed by atoms with van der Waals surface area (Å²) in [6, 6.07) is 9.01. The standard InChI is InChI=1S/C18H18O3/c1-4-21-18(20)17-13(3)10-12(2)15(17)11-16(19)14-8-6-5-7-9-14/h5-11H,4H2,1-3H3/b15-11-. The molecule has 1 aromatic carbocycles. The van der Waals surface area contributed by atoms with Crippen molar-refractivity contribution in [2.45, 2.75) is 20.8 Å². The van der Waals surface area contributed by atoms with Crippen LogP contribution in [0.5, 0.6) is 0 Å². The van der Waals surface area contributed by atoms with E-state index in [0.29, 0.717) is 23.3 Å². The first-order valence-corrected chi connectivity index (χ1v) is 6.92. The quantitative estimate of drug-likeness (QED) is 0.481. The van der Waals surface area contributed by atoms with Crippen LogP contribution in [0.3, 0.4) is 0 Å². The summed E-state index contributed by atoms with van der Waals surface area (Å²) in [6.07, 6.45) is 3.42. The molecule has 0 unspecified atom stereocenters. The van der Waals surface area contributed by atoms with Crippen LogP contribution in [0.4, 0.5) is 0 Å². The number of hydrogen-bond acceptors (Lipinski definition) is 3. The maximum absolute atomic E-state index is 12.3. The van der Waals surface area contributed by atoms with E-state index in [1.165, 1.54) is 6.08 Å². The van der Waals surface area contributed by atoms with Gasteiger partial charge in [0.25, 0.3) is 0 Å². The first-order chi connectivity index (χ1) is 10.0. The predicted octanol–water partition coefficient (Wildman–Crippen LogP) is 3.64. The van der Waals surface area contributed by atoms with Gasteiger partial charge in [0, 0.05) is 5.56 Å². The zero-order valence-corrected chi connectivity index (χ0v) is 12.5. The Labute approximate surface area is 124 Å². The number of esters is 1. The molecule has 0 amide bonds. The molecule has 0 fully saturated rings. The molecule has 108 valence electrons. The molecule has 1 aliphatic carbocycles. The Morgan fingerprint density at radius 3 is 2.43 bits per heavy atom. The number of hydrogen-bond donors (Lipinski definition) is 0. The topological polar surface area (TPSA) is 43.4 Å². The van der Waals surface area contributed by atoms with Gasteiger partial charge in [0.05, 0.1) is 12.2 Å². The van der Waals surface area contributed by atoms with Crippen molar-refractivity contribution in [2.24, 2.45) is 0 Å². The SMILES string of the molecule is CCOC(=O)C1=C(C)C=C(C)/C1=C/C(=O)c1ccccc1. The molecule has 0 heterocycles. The molecule has 0 saturated heterocycles. The molecule has 0 radical (unpaired) electrons. The molecule has 0 aromatic heterocycles. The monoisotopic (exact) mass is 282 g/mol. The third-order valence-corrected chi connectivity index (χ3v) is 3.33.